The van der Waals surface area contributed by atoms with Gasteiger partial charge in [0.1, 0.15) is 11.6 Å². The van der Waals surface area contributed by atoms with Crippen LogP contribution in [0.25, 0.3) is 0 Å². The lowest BCUT2D eigenvalue weighted by atomic mass is 10.1. The molecule has 0 aliphatic heterocycles. The summed E-state index contributed by atoms with van der Waals surface area (Å²) in [6.45, 7) is 0.556. The molecule has 0 unspecified atom stereocenters. The van der Waals surface area contributed by atoms with E-state index in [4.69, 9.17) is 0 Å². The van der Waals surface area contributed by atoms with E-state index in [0.717, 1.165) is 11.6 Å². The van der Waals surface area contributed by atoms with Crippen LogP contribution in [0.3, 0.4) is 0 Å². The van der Waals surface area contributed by atoms with Gasteiger partial charge in [0.15, 0.2) is 11.6 Å². The van der Waals surface area contributed by atoms with Gasteiger partial charge in [-0.05, 0) is 36.7 Å². The van der Waals surface area contributed by atoms with Gasteiger partial charge in [-0.2, -0.15) is 0 Å². The normalized spacial score (nSPS) is 10.8. The van der Waals surface area contributed by atoms with E-state index < -0.39 is 17.5 Å². The van der Waals surface area contributed by atoms with E-state index in [1.807, 2.05) is 0 Å². The van der Waals surface area contributed by atoms with Gasteiger partial charge in [-0.1, -0.05) is 12.1 Å². The Kier molecular flexibility index (Phi) is 4.74. The van der Waals surface area contributed by atoms with Crippen LogP contribution in [0, 0.1) is 23.3 Å². The van der Waals surface area contributed by atoms with Crippen LogP contribution in [0.2, 0.25) is 0 Å². The molecule has 0 atom stereocenters. The molecule has 0 heterocycles. The number of halogens is 4. The molecule has 2 rings (SSSR count). The van der Waals surface area contributed by atoms with Crippen molar-refractivity contribution in [2.45, 2.75) is 13.0 Å². The molecule has 1 N–H and O–H groups in total. The summed E-state index contributed by atoms with van der Waals surface area (Å²) in [6, 6.07) is 7.52. The van der Waals surface area contributed by atoms with Crippen molar-refractivity contribution in [1.29, 1.82) is 0 Å². The molecule has 0 radical (unpaired) electrons. The third-order valence-corrected chi connectivity index (χ3v) is 2.88. The number of hydrogen-bond acceptors (Lipinski definition) is 1. The minimum absolute atomic E-state index is 0.0585. The number of hydrogen-bond donors (Lipinski definition) is 1. The third-order valence-electron chi connectivity index (χ3n) is 2.88. The highest BCUT2D eigenvalue weighted by atomic mass is 19.2. The number of nitrogens with one attached hydrogen (secondary N) is 1. The SMILES string of the molecule is Fc1cccc(CCNCc2cc(F)c(F)cc2F)c1. The second-order valence-electron chi connectivity index (χ2n) is 4.41. The largest absolute Gasteiger partial charge is 0.312 e. The molecular weight excluding hydrogens is 270 g/mol. The van der Waals surface area contributed by atoms with Crippen LogP contribution in [0.4, 0.5) is 17.6 Å². The summed E-state index contributed by atoms with van der Waals surface area (Å²) in [5.74, 6) is -3.38. The topological polar surface area (TPSA) is 12.0 Å². The van der Waals surface area contributed by atoms with Crippen molar-refractivity contribution < 1.29 is 17.6 Å². The molecule has 0 aromatic heterocycles. The fraction of sp³-hybridized carbons (Fsp3) is 0.200. The van der Waals surface area contributed by atoms with Crippen molar-refractivity contribution in [3.8, 4) is 0 Å². The van der Waals surface area contributed by atoms with Gasteiger partial charge < -0.3 is 5.32 Å². The van der Waals surface area contributed by atoms with Gasteiger partial charge in [-0.25, -0.2) is 17.6 Å². The Hall–Kier alpha value is -1.88. The van der Waals surface area contributed by atoms with E-state index in [2.05, 4.69) is 5.32 Å². The molecule has 0 spiro atoms. The molecule has 1 nitrogen and oxygen atoms in total. The van der Waals surface area contributed by atoms with Gasteiger partial charge in [-0.3, -0.25) is 0 Å². The van der Waals surface area contributed by atoms with Crippen LogP contribution in [-0.2, 0) is 13.0 Å². The fourth-order valence-electron chi connectivity index (χ4n) is 1.85. The van der Waals surface area contributed by atoms with Gasteiger partial charge in [0.25, 0.3) is 0 Å². The van der Waals surface area contributed by atoms with Crippen LogP contribution in [-0.4, -0.2) is 6.54 Å². The first kappa shape index (κ1) is 14.5. The molecule has 106 valence electrons. The van der Waals surface area contributed by atoms with Gasteiger partial charge in [-0.15, -0.1) is 0 Å². The summed E-state index contributed by atoms with van der Waals surface area (Å²) in [7, 11) is 0. The molecular formula is C15H13F4N. The van der Waals surface area contributed by atoms with Gasteiger partial charge >= 0.3 is 0 Å². The van der Waals surface area contributed by atoms with Gasteiger partial charge in [0.2, 0.25) is 0 Å². The van der Waals surface area contributed by atoms with E-state index in [0.29, 0.717) is 19.0 Å². The minimum Gasteiger partial charge on any atom is -0.312 e. The highest BCUT2D eigenvalue weighted by molar-refractivity contribution is 5.20. The highest BCUT2D eigenvalue weighted by Gasteiger charge is 2.09. The zero-order valence-corrected chi connectivity index (χ0v) is 10.6. The second kappa shape index (κ2) is 6.52. The van der Waals surface area contributed by atoms with Crippen LogP contribution >= 0.6 is 0 Å². The monoisotopic (exact) mass is 283 g/mol. The average molecular weight is 283 g/mol. The minimum atomic E-state index is -1.20. The standard InChI is InChI=1S/C15H13F4N/c16-12-3-1-2-10(6-12)4-5-20-9-11-7-14(18)15(19)8-13(11)17/h1-3,6-8,20H,4-5,9H2. The first-order valence-electron chi connectivity index (χ1n) is 6.15. The maximum absolute atomic E-state index is 13.3. The van der Waals surface area contributed by atoms with E-state index in [1.54, 1.807) is 12.1 Å². The van der Waals surface area contributed by atoms with Crippen molar-refractivity contribution in [2.24, 2.45) is 0 Å². The van der Waals surface area contributed by atoms with E-state index in [9.17, 15) is 17.6 Å². The Morgan fingerprint density at radius 3 is 2.35 bits per heavy atom. The predicted molar refractivity (Wildman–Crippen MR) is 68.1 cm³/mol. The second-order valence-corrected chi connectivity index (χ2v) is 4.41. The zero-order chi connectivity index (χ0) is 14.5. The summed E-state index contributed by atoms with van der Waals surface area (Å²) in [5, 5.41) is 2.91. The Morgan fingerprint density at radius 2 is 1.60 bits per heavy atom. The summed E-state index contributed by atoms with van der Waals surface area (Å²) in [6.07, 6.45) is 0.559. The molecule has 0 aliphatic rings. The summed E-state index contributed by atoms with van der Waals surface area (Å²) in [5.41, 5.74) is 0.867. The molecule has 5 heteroatoms. The Labute approximate surface area is 114 Å². The van der Waals surface area contributed by atoms with Crippen LogP contribution in [0.1, 0.15) is 11.1 Å². The van der Waals surface area contributed by atoms with Crippen molar-refractivity contribution in [2.75, 3.05) is 6.54 Å². The molecule has 2 aromatic rings. The Balaban J connectivity index is 1.86. The van der Waals surface area contributed by atoms with Crippen LogP contribution < -0.4 is 5.32 Å². The van der Waals surface area contributed by atoms with E-state index in [-0.39, 0.29) is 17.9 Å². The third kappa shape index (κ3) is 3.81. The lowest BCUT2D eigenvalue weighted by Crippen LogP contribution is -2.18. The summed E-state index contributed by atoms with van der Waals surface area (Å²) >= 11 is 0. The maximum Gasteiger partial charge on any atom is 0.161 e. The lowest BCUT2D eigenvalue weighted by Gasteiger charge is -2.07. The van der Waals surface area contributed by atoms with Gasteiger partial charge in [0.05, 0.1) is 0 Å². The quantitative estimate of drug-likeness (QED) is 0.502. The number of rotatable bonds is 5. The molecule has 0 saturated carbocycles. The van der Waals surface area contributed by atoms with Crippen molar-refractivity contribution in [3.63, 3.8) is 0 Å². The fourth-order valence-corrected chi connectivity index (χ4v) is 1.85. The maximum atomic E-state index is 13.3. The number of benzene rings is 2. The molecule has 0 aliphatic carbocycles. The molecule has 0 bridgehead atoms. The first-order chi connectivity index (χ1) is 9.56. The molecule has 0 amide bonds. The highest BCUT2D eigenvalue weighted by Crippen LogP contribution is 2.13. The van der Waals surface area contributed by atoms with Crippen LogP contribution in [0.5, 0.6) is 0 Å². The smallest absolute Gasteiger partial charge is 0.161 e. The molecule has 0 fully saturated rings. The Morgan fingerprint density at radius 1 is 0.850 bits per heavy atom. The van der Waals surface area contributed by atoms with Crippen molar-refractivity contribution in [3.05, 3.63) is 70.8 Å². The first-order valence-corrected chi connectivity index (χ1v) is 6.15. The average Bonchev–Trinajstić information content (AvgIpc) is 2.40. The van der Waals surface area contributed by atoms with Crippen molar-refractivity contribution in [1.82, 2.24) is 5.32 Å². The van der Waals surface area contributed by atoms with E-state index in [1.165, 1.54) is 12.1 Å². The lowest BCUT2D eigenvalue weighted by molar-refractivity contribution is 0.487. The Bertz CT molecular complexity index is 598. The molecule has 2 aromatic carbocycles. The zero-order valence-electron chi connectivity index (χ0n) is 10.6. The van der Waals surface area contributed by atoms with Crippen LogP contribution in [0.15, 0.2) is 36.4 Å². The molecule has 0 saturated heterocycles. The summed E-state index contributed by atoms with van der Waals surface area (Å²) in [4.78, 5) is 0. The predicted octanol–water partition coefficient (Wildman–Crippen LogP) is 3.58. The van der Waals surface area contributed by atoms with Gasteiger partial charge in [0, 0.05) is 18.2 Å². The van der Waals surface area contributed by atoms with E-state index >= 15 is 0 Å². The summed E-state index contributed by atoms with van der Waals surface area (Å²) < 4.78 is 52.0. The van der Waals surface area contributed by atoms with Crippen molar-refractivity contribution >= 4 is 0 Å². The molecule has 20 heavy (non-hydrogen) atoms.